The van der Waals surface area contributed by atoms with Gasteiger partial charge in [0.2, 0.25) is 11.8 Å². The molecule has 0 saturated heterocycles. The molecule has 0 spiro atoms. The van der Waals surface area contributed by atoms with Crippen molar-refractivity contribution in [3.8, 4) is 0 Å². The van der Waals surface area contributed by atoms with Gasteiger partial charge in [0.15, 0.2) is 0 Å². The van der Waals surface area contributed by atoms with Crippen molar-refractivity contribution in [1.82, 2.24) is 14.9 Å². The van der Waals surface area contributed by atoms with Crippen molar-refractivity contribution in [1.29, 1.82) is 0 Å². The van der Waals surface area contributed by atoms with Gasteiger partial charge in [0.1, 0.15) is 5.69 Å². The van der Waals surface area contributed by atoms with E-state index in [9.17, 15) is 10.1 Å². The lowest BCUT2D eigenvalue weighted by Gasteiger charge is -2.20. The van der Waals surface area contributed by atoms with Crippen LogP contribution in [-0.2, 0) is 0 Å². The van der Waals surface area contributed by atoms with Crippen LogP contribution in [0.4, 0.5) is 17.5 Å². The van der Waals surface area contributed by atoms with E-state index in [2.05, 4.69) is 34.0 Å². The molecule has 0 fully saturated rings. The Kier molecular flexibility index (Phi) is 5.63. The highest BCUT2D eigenvalue weighted by atomic mass is 16.6. The number of hydrogen-bond acceptors (Lipinski definition) is 7. The number of nitrogens with zero attached hydrogens (tertiary/aromatic N) is 4. The molecule has 3 N–H and O–H groups in total. The summed E-state index contributed by atoms with van der Waals surface area (Å²) in [6.07, 6.45) is 0.856. The number of nitrogens with two attached hydrogens (primary N) is 1. The van der Waals surface area contributed by atoms with E-state index in [1.54, 1.807) is 6.92 Å². The highest BCUT2D eigenvalue weighted by Gasteiger charge is 2.21. The van der Waals surface area contributed by atoms with E-state index in [1.165, 1.54) is 0 Å². The van der Waals surface area contributed by atoms with Crippen LogP contribution in [0.1, 0.15) is 26.0 Å². The van der Waals surface area contributed by atoms with Crippen LogP contribution < -0.4 is 11.1 Å². The van der Waals surface area contributed by atoms with E-state index in [0.717, 1.165) is 13.0 Å². The molecule has 0 aliphatic heterocycles. The van der Waals surface area contributed by atoms with Crippen molar-refractivity contribution in [2.75, 3.05) is 31.2 Å². The summed E-state index contributed by atoms with van der Waals surface area (Å²) in [5.41, 5.74) is 5.68. The van der Waals surface area contributed by atoms with Gasteiger partial charge in [-0.1, -0.05) is 0 Å². The number of nitrogens with one attached hydrogen (secondary N) is 1. The van der Waals surface area contributed by atoms with Crippen LogP contribution >= 0.6 is 0 Å². The zero-order valence-corrected chi connectivity index (χ0v) is 12.4. The Morgan fingerprint density at radius 1 is 1.45 bits per heavy atom. The van der Waals surface area contributed by atoms with Gasteiger partial charge in [0.25, 0.3) is 0 Å². The number of aryl methyl sites for hydroxylation is 1. The molecule has 0 aliphatic carbocycles. The summed E-state index contributed by atoms with van der Waals surface area (Å²) < 4.78 is 0. The minimum absolute atomic E-state index is 0.0369. The van der Waals surface area contributed by atoms with Crippen molar-refractivity contribution < 1.29 is 4.92 Å². The quantitative estimate of drug-likeness (QED) is 0.442. The molecule has 0 unspecified atom stereocenters. The molecule has 1 aromatic heterocycles. The Labute approximate surface area is 118 Å². The smallest absolute Gasteiger partial charge is 0.332 e. The van der Waals surface area contributed by atoms with E-state index in [4.69, 9.17) is 5.73 Å². The maximum absolute atomic E-state index is 11.0. The second-order valence-corrected chi connectivity index (χ2v) is 4.98. The summed E-state index contributed by atoms with van der Waals surface area (Å²) in [6.45, 7) is 7.28. The Morgan fingerprint density at radius 3 is 2.65 bits per heavy atom. The van der Waals surface area contributed by atoms with Gasteiger partial charge in [-0.05, 0) is 40.8 Å². The van der Waals surface area contributed by atoms with Crippen LogP contribution in [0.3, 0.4) is 0 Å². The Hall–Kier alpha value is -1.96. The molecule has 112 valence electrons. The molecule has 0 atom stereocenters. The number of nitrogen functional groups attached to an aromatic ring is 1. The summed E-state index contributed by atoms with van der Waals surface area (Å²) in [4.78, 5) is 20.5. The first-order valence-corrected chi connectivity index (χ1v) is 6.55. The topological polar surface area (TPSA) is 110 Å². The molecule has 8 heteroatoms. The predicted octanol–water partition coefficient (Wildman–Crippen LogP) is 1.42. The number of rotatable bonds is 7. The van der Waals surface area contributed by atoms with Gasteiger partial charge in [-0.15, -0.1) is 0 Å². The third-order valence-corrected chi connectivity index (χ3v) is 3.12. The van der Waals surface area contributed by atoms with Crippen molar-refractivity contribution in [3.05, 3.63) is 15.8 Å². The number of hydrogen-bond donors (Lipinski definition) is 2. The van der Waals surface area contributed by atoms with Crippen molar-refractivity contribution in [2.45, 2.75) is 33.2 Å². The fourth-order valence-electron chi connectivity index (χ4n) is 1.72. The fraction of sp³-hybridized carbons (Fsp3) is 0.667. The standard InChI is InChI=1S/C12H22N6O2/c1-8(2)17(4)7-5-6-14-11-10(18(19)20)9(3)15-12(13)16-11/h8H,5-7H2,1-4H3,(H3,13,14,15,16). The van der Waals surface area contributed by atoms with Crippen LogP contribution in [0.2, 0.25) is 0 Å². The number of anilines is 2. The predicted molar refractivity (Wildman–Crippen MR) is 78.7 cm³/mol. The van der Waals surface area contributed by atoms with E-state index in [1.807, 2.05) is 7.05 Å². The molecule has 8 nitrogen and oxygen atoms in total. The van der Waals surface area contributed by atoms with Gasteiger partial charge in [-0.3, -0.25) is 10.1 Å². The molecule has 1 rings (SSSR count). The van der Waals surface area contributed by atoms with Gasteiger partial charge in [0, 0.05) is 12.6 Å². The van der Waals surface area contributed by atoms with Crippen molar-refractivity contribution >= 4 is 17.5 Å². The molecule has 0 bridgehead atoms. The molecule has 0 aromatic carbocycles. The van der Waals surface area contributed by atoms with Crippen molar-refractivity contribution in [2.24, 2.45) is 0 Å². The summed E-state index contributed by atoms with van der Waals surface area (Å²) in [7, 11) is 2.04. The highest BCUT2D eigenvalue weighted by Crippen LogP contribution is 2.25. The minimum Gasteiger partial charge on any atom is -0.368 e. The lowest BCUT2D eigenvalue weighted by molar-refractivity contribution is -0.385. The Bertz CT molecular complexity index is 477. The van der Waals surface area contributed by atoms with E-state index < -0.39 is 4.92 Å². The van der Waals surface area contributed by atoms with Crippen LogP contribution in [0.15, 0.2) is 0 Å². The first kappa shape index (κ1) is 16.1. The van der Waals surface area contributed by atoms with Gasteiger partial charge >= 0.3 is 5.69 Å². The second kappa shape index (κ2) is 6.99. The van der Waals surface area contributed by atoms with Gasteiger partial charge in [-0.25, -0.2) is 4.98 Å². The van der Waals surface area contributed by atoms with E-state index in [-0.39, 0.29) is 23.1 Å². The van der Waals surface area contributed by atoms with Gasteiger partial charge < -0.3 is 16.0 Å². The molecule has 0 aliphatic rings. The lowest BCUT2D eigenvalue weighted by Crippen LogP contribution is -2.28. The Morgan fingerprint density at radius 2 is 2.10 bits per heavy atom. The van der Waals surface area contributed by atoms with E-state index in [0.29, 0.717) is 12.6 Å². The van der Waals surface area contributed by atoms with Crippen LogP contribution in [-0.4, -0.2) is 46.0 Å². The van der Waals surface area contributed by atoms with Crippen LogP contribution in [0.5, 0.6) is 0 Å². The molecule has 1 heterocycles. The normalized spacial score (nSPS) is 11.1. The third kappa shape index (κ3) is 4.30. The number of aromatic nitrogens is 2. The average Bonchev–Trinajstić information content (AvgIpc) is 2.32. The van der Waals surface area contributed by atoms with Gasteiger partial charge in [0.05, 0.1) is 4.92 Å². The average molecular weight is 282 g/mol. The Balaban J connectivity index is 2.66. The zero-order valence-electron chi connectivity index (χ0n) is 12.4. The fourth-order valence-corrected chi connectivity index (χ4v) is 1.72. The third-order valence-electron chi connectivity index (χ3n) is 3.12. The highest BCUT2D eigenvalue weighted by molar-refractivity contribution is 5.60. The first-order valence-electron chi connectivity index (χ1n) is 6.55. The largest absolute Gasteiger partial charge is 0.368 e. The van der Waals surface area contributed by atoms with E-state index >= 15 is 0 Å². The molecular weight excluding hydrogens is 260 g/mol. The maximum Gasteiger partial charge on any atom is 0.332 e. The second-order valence-electron chi connectivity index (χ2n) is 4.98. The molecule has 0 amide bonds. The summed E-state index contributed by atoms with van der Waals surface area (Å²) in [6, 6.07) is 0.473. The van der Waals surface area contributed by atoms with Crippen molar-refractivity contribution in [3.63, 3.8) is 0 Å². The van der Waals surface area contributed by atoms with Gasteiger partial charge in [-0.2, -0.15) is 4.98 Å². The zero-order chi connectivity index (χ0) is 15.3. The molecule has 0 radical (unpaired) electrons. The minimum atomic E-state index is -0.489. The van der Waals surface area contributed by atoms with Crippen LogP contribution in [0.25, 0.3) is 0 Å². The lowest BCUT2D eigenvalue weighted by atomic mass is 10.3. The molecule has 0 saturated carbocycles. The number of nitro groups is 1. The molecule has 20 heavy (non-hydrogen) atoms. The molecule has 1 aromatic rings. The molecular formula is C12H22N6O2. The summed E-state index contributed by atoms with van der Waals surface area (Å²) >= 11 is 0. The maximum atomic E-state index is 11.0. The first-order chi connectivity index (χ1) is 9.32. The van der Waals surface area contributed by atoms with Crippen LogP contribution in [0, 0.1) is 17.0 Å². The SMILES string of the molecule is Cc1nc(N)nc(NCCCN(C)C(C)C)c1[N+](=O)[O-]. The summed E-state index contributed by atoms with van der Waals surface area (Å²) in [5, 5.41) is 14.0. The summed E-state index contributed by atoms with van der Waals surface area (Å²) in [5.74, 6) is 0.224. The monoisotopic (exact) mass is 282 g/mol.